The van der Waals surface area contributed by atoms with Crippen LogP contribution in [0.3, 0.4) is 0 Å². The fraction of sp³-hybridized carbons (Fsp3) is 0.333. The van der Waals surface area contributed by atoms with Gasteiger partial charge in [-0.05, 0) is 42.0 Å². The summed E-state index contributed by atoms with van der Waals surface area (Å²) in [6.07, 6.45) is 0.402. The number of thiocarbonyl (C=S) groups is 1. The number of rotatable bonds is 6. The highest BCUT2D eigenvalue weighted by Gasteiger charge is 2.17. The third-order valence-electron chi connectivity index (χ3n) is 4.83. The number of hydrogen-bond donors (Lipinski definition) is 3. The molecule has 6 nitrogen and oxygen atoms in total. The summed E-state index contributed by atoms with van der Waals surface area (Å²) in [5.41, 5.74) is 7.46. The first kappa shape index (κ1) is 21.0. The zero-order valence-corrected chi connectivity index (χ0v) is 17.1. The monoisotopic (exact) mass is 415 g/mol. The molecule has 2 aromatic carbocycles. The number of hydrazine groups is 1. The highest BCUT2D eigenvalue weighted by molar-refractivity contribution is 7.80. The molecule has 3 rings (SSSR count). The summed E-state index contributed by atoms with van der Waals surface area (Å²) >= 11 is 5.14. The van der Waals surface area contributed by atoms with Crippen molar-refractivity contribution in [3.8, 4) is 0 Å². The third kappa shape index (κ3) is 6.99. The van der Waals surface area contributed by atoms with Gasteiger partial charge in [-0.1, -0.05) is 30.3 Å². The van der Waals surface area contributed by atoms with Crippen LogP contribution in [0.4, 0.5) is 10.1 Å². The summed E-state index contributed by atoms with van der Waals surface area (Å²) in [5.74, 6) is -0.385. The van der Waals surface area contributed by atoms with E-state index in [9.17, 15) is 9.18 Å². The first-order valence-electron chi connectivity index (χ1n) is 9.69. The molecule has 1 fully saturated rings. The zero-order valence-electron chi connectivity index (χ0n) is 16.2. The van der Waals surface area contributed by atoms with Gasteiger partial charge in [-0.15, -0.1) is 0 Å². The van der Waals surface area contributed by atoms with E-state index in [0.717, 1.165) is 31.7 Å². The SMILES string of the molecule is O=C(CCN1CCN(c2ccccc2)CC1)NNC(=S)NCc1ccc(F)cc1. The summed E-state index contributed by atoms with van der Waals surface area (Å²) in [7, 11) is 0. The molecule has 0 aromatic heterocycles. The van der Waals surface area contributed by atoms with Crippen LogP contribution < -0.4 is 21.1 Å². The predicted octanol–water partition coefficient (Wildman–Crippen LogP) is 2.03. The normalized spacial score (nSPS) is 14.3. The summed E-state index contributed by atoms with van der Waals surface area (Å²) < 4.78 is 12.9. The van der Waals surface area contributed by atoms with Gasteiger partial charge in [-0.25, -0.2) is 4.39 Å². The van der Waals surface area contributed by atoms with Gasteiger partial charge in [0, 0.05) is 51.4 Å². The molecule has 0 radical (unpaired) electrons. The predicted molar refractivity (Wildman–Crippen MR) is 117 cm³/mol. The van der Waals surface area contributed by atoms with Crippen LogP contribution in [0.5, 0.6) is 0 Å². The van der Waals surface area contributed by atoms with E-state index < -0.39 is 0 Å². The first-order chi connectivity index (χ1) is 14.1. The van der Waals surface area contributed by atoms with Gasteiger partial charge in [0.25, 0.3) is 0 Å². The molecule has 2 aromatic rings. The molecule has 8 heteroatoms. The Morgan fingerprint density at radius 1 is 0.966 bits per heavy atom. The van der Waals surface area contributed by atoms with Crippen LogP contribution in [0.25, 0.3) is 0 Å². The highest BCUT2D eigenvalue weighted by atomic mass is 32.1. The van der Waals surface area contributed by atoms with Gasteiger partial charge >= 0.3 is 0 Å². The molecule has 1 saturated heterocycles. The molecule has 1 heterocycles. The fourth-order valence-electron chi connectivity index (χ4n) is 3.15. The average Bonchev–Trinajstić information content (AvgIpc) is 2.77. The van der Waals surface area contributed by atoms with Crippen molar-refractivity contribution in [3.05, 3.63) is 66.0 Å². The van der Waals surface area contributed by atoms with Gasteiger partial charge in [-0.3, -0.25) is 20.5 Å². The van der Waals surface area contributed by atoms with E-state index in [2.05, 4.69) is 50.2 Å². The molecule has 3 N–H and O–H groups in total. The largest absolute Gasteiger partial charge is 0.369 e. The van der Waals surface area contributed by atoms with Gasteiger partial charge < -0.3 is 10.2 Å². The Labute approximate surface area is 176 Å². The van der Waals surface area contributed by atoms with E-state index >= 15 is 0 Å². The van der Waals surface area contributed by atoms with Gasteiger partial charge in [0.2, 0.25) is 5.91 Å². The summed E-state index contributed by atoms with van der Waals surface area (Å²) in [5, 5.41) is 3.29. The van der Waals surface area contributed by atoms with E-state index in [1.54, 1.807) is 12.1 Å². The Morgan fingerprint density at radius 3 is 2.34 bits per heavy atom. The second kappa shape index (κ2) is 10.7. The van der Waals surface area contributed by atoms with Crippen LogP contribution in [0.1, 0.15) is 12.0 Å². The minimum absolute atomic E-state index is 0.110. The number of carbonyl (C=O) groups is 1. The molecule has 0 bridgehead atoms. The molecular formula is C21H26FN5OS. The number of nitrogens with one attached hydrogen (secondary N) is 3. The van der Waals surface area contributed by atoms with E-state index in [0.29, 0.717) is 24.6 Å². The summed E-state index contributed by atoms with van der Waals surface area (Å²) in [6, 6.07) is 16.5. The van der Waals surface area contributed by atoms with Crippen LogP contribution in [-0.4, -0.2) is 48.6 Å². The second-order valence-corrected chi connectivity index (χ2v) is 7.30. The zero-order chi connectivity index (χ0) is 20.5. The number of nitrogens with zero attached hydrogens (tertiary/aromatic N) is 2. The van der Waals surface area contributed by atoms with Crippen molar-refractivity contribution in [1.82, 2.24) is 21.1 Å². The Morgan fingerprint density at radius 2 is 1.66 bits per heavy atom. The van der Waals surface area contributed by atoms with Crippen LogP contribution in [0.15, 0.2) is 54.6 Å². The van der Waals surface area contributed by atoms with Crippen molar-refractivity contribution < 1.29 is 9.18 Å². The third-order valence-corrected chi connectivity index (χ3v) is 5.08. The van der Waals surface area contributed by atoms with Gasteiger partial charge in [-0.2, -0.15) is 0 Å². The molecular weight excluding hydrogens is 389 g/mol. The Bertz CT molecular complexity index is 794. The maximum absolute atomic E-state index is 12.9. The molecule has 154 valence electrons. The number of anilines is 1. The van der Waals surface area contributed by atoms with Crippen molar-refractivity contribution >= 4 is 28.9 Å². The van der Waals surface area contributed by atoms with Crippen molar-refractivity contribution in [2.45, 2.75) is 13.0 Å². The number of benzene rings is 2. The number of carbonyl (C=O) groups excluding carboxylic acids is 1. The fourth-order valence-corrected chi connectivity index (χ4v) is 3.27. The molecule has 1 aliphatic heterocycles. The minimum Gasteiger partial charge on any atom is -0.369 e. The molecule has 1 amide bonds. The average molecular weight is 416 g/mol. The van der Waals surface area contributed by atoms with Gasteiger partial charge in [0.15, 0.2) is 5.11 Å². The van der Waals surface area contributed by atoms with Gasteiger partial charge in [0.05, 0.1) is 0 Å². The molecule has 0 atom stereocenters. The number of piperazine rings is 1. The Kier molecular flexibility index (Phi) is 7.77. The maximum atomic E-state index is 12.9. The molecule has 0 unspecified atom stereocenters. The first-order valence-corrected chi connectivity index (χ1v) is 10.1. The number of hydrogen-bond acceptors (Lipinski definition) is 4. The number of para-hydroxylation sites is 1. The van der Waals surface area contributed by atoms with E-state index in [1.165, 1.54) is 17.8 Å². The summed E-state index contributed by atoms with van der Waals surface area (Å²) in [6.45, 7) is 4.96. The molecule has 0 aliphatic carbocycles. The van der Waals surface area contributed by atoms with E-state index in [1.807, 2.05) is 6.07 Å². The van der Waals surface area contributed by atoms with E-state index in [4.69, 9.17) is 12.2 Å². The van der Waals surface area contributed by atoms with Crippen molar-refractivity contribution in [3.63, 3.8) is 0 Å². The lowest BCUT2D eigenvalue weighted by Gasteiger charge is -2.36. The highest BCUT2D eigenvalue weighted by Crippen LogP contribution is 2.15. The standard InChI is InChI=1S/C21H26FN5OS/c22-18-8-6-17(7-9-18)16-23-21(29)25-24-20(28)10-11-26-12-14-27(15-13-26)19-4-2-1-3-5-19/h1-9H,10-16H2,(H,24,28)(H2,23,25,29). The topological polar surface area (TPSA) is 59.6 Å². The Hall–Kier alpha value is -2.71. The molecule has 1 aliphatic rings. The maximum Gasteiger partial charge on any atom is 0.239 e. The minimum atomic E-state index is -0.275. The quantitative estimate of drug-likeness (QED) is 0.496. The lowest BCUT2D eigenvalue weighted by molar-refractivity contribution is -0.122. The van der Waals surface area contributed by atoms with Gasteiger partial charge in [0.1, 0.15) is 5.82 Å². The van der Waals surface area contributed by atoms with Crippen LogP contribution in [0.2, 0.25) is 0 Å². The lowest BCUT2D eigenvalue weighted by Crippen LogP contribution is -2.49. The number of amides is 1. The van der Waals surface area contributed by atoms with E-state index in [-0.39, 0.29) is 11.7 Å². The van der Waals surface area contributed by atoms with Crippen LogP contribution in [0, 0.1) is 5.82 Å². The molecule has 29 heavy (non-hydrogen) atoms. The molecule has 0 saturated carbocycles. The van der Waals surface area contributed by atoms with Crippen LogP contribution in [-0.2, 0) is 11.3 Å². The van der Waals surface area contributed by atoms with Crippen LogP contribution >= 0.6 is 12.2 Å². The smallest absolute Gasteiger partial charge is 0.239 e. The van der Waals surface area contributed by atoms with Crippen molar-refractivity contribution in [2.75, 3.05) is 37.6 Å². The Balaban J connectivity index is 1.28. The van der Waals surface area contributed by atoms with Crippen molar-refractivity contribution in [2.24, 2.45) is 0 Å². The molecule has 0 spiro atoms. The summed E-state index contributed by atoms with van der Waals surface area (Å²) in [4.78, 5) is 16.7. The second-order valence-electron chi connectivity index (χ2n) is 6.90. The lowest BCUT2D eigenvalue weighted by atomic mass is 10.2. The van der Waals surface area contributed by atoms with Crippen molar-refractivity contribution in [1.29, 1.82) is 0 Å². The number of halogens is 1.